The van der Waals surface area contributed by atoms with E-state index in [9.17, 15) is 4.39 Å². The number of rotatable bonds is 1. The summed E-state index contributed by atoms with van der Waals surface area (Å²) in [5.41, 5.74) is 2.82. The molecule has 0 saturated carbocycles. The van der Waals surface area contributed by atoms with Crippen LogP contribution < -0.4 is 10.6 Å². The molecular weight excluding hydrogens is 211 g/mol. The average molecular weight is 217 g/mol. The summed E-state index contributed by atoms with van der Waals surface area (Å²) < 4.78 is 13.0. The molecule has 1 aromatic rings. The van der Waals surface area contributed by atoms with Gasteiger partial charge in [-0.05, 0) is 12.1 Å². The first kappa shape index (κ1) is 9.11. The third-order valence-corrected chi connectivity index (χ3v) is 1.98. The molecule has 2 rings (SSSR count). The van der Waals surface area contributed by atoms with Crippen LogP contribution in [0.1, 0.15) is 0 Å². The van der Waals surface area contributed by atoms with Gasteiger partial charge in [-0.2, -0.15) is 0 Å². The molecule has 0 atom stereocenters. The van der Waals surface area contributed by atoms with Gasteiger partial charge in [0.1, 0.15) is 12.0 Å². The first-order valence-electron chi connectivity index (χ1n) is 3.74. The molecule has 0 bridgehead atoms. The predicted octanol–water partition coefficient (Wildman–Crippen LogP) is 2.09. The molecule has 4 nitrogen and oxygen atoms in total. The van der Waals surface area contributed by atoms with Crippen LogP contribution in [0.4, 0.5) is 10.1 Å². The Kier molecular flexibility index (Phi) is 2.18. The molecule has 1 heterocycles. The van der Waals surface area contributed by atoms with Crippen molar-refractivity contribution in [2.24, 2.45) is 0 Å². The van der Waals surface area contributed by atoms with Crippen LogP contribution in [0.2, 0.25) is 5.02 Å². The highest BCUT2D eigenvalue weighted by atomic mass is 35.5. The van der Waals surface area contributed by atoms with Crippen LogP contribution in [0.25, 0.3) is 0 Å². The van der Waals surface area contributed by atoms with Crippen LogP contribution in [0, 0.1) is 5.82 Å². The topological polar surface area (TPSA) is 44.7 Å². The lowest BCUT2D eigenvalue weighted by Crippen LogP contribution is -2.27. The maximum Gasteiger partial charge on any atom is 0.317 e. The monoisotopic (exact) mass is 216 g/mol. The zero-order valence-electron chi connectivity index (χ0n) is 6.87. The van der Waals surface area contributed by atoms with Crippen molar-refractivity contribution < 1.29 is 14.3 Å². The summed E-state index contributed by atoms with van der Waals surface area (Å²) in [5, 5.41) is 10.3. The number of nitrogens with one attached hydrogen (secondary N) is 1. The largest absolute Gasteiger partial charge is 0.479 e. The van der Waals surface area contributed by atoms with E-state index in [0.29, 0.717) is 5.69 Å². The SMILES string of the molecule is OC1=CN(c2ccc(Cl)c(F)c2)NO1. The normalized spacial score (nSPS) is 15.3. The second kappa shape index (κ2) is 3.36. The van der Waals surface area contributed by atoms with E-state index < -0.39 is 5.82 Å². The fourth-order valence-electron chi connectivity index (χ4n) is 1.02. The van der Waals surface area contributed by atoms with E-state index in [1.54, 1.807) is 6.07 Å². The smallest absolute Gasteiger partial charge is 0.317 e. The van der Waals surface area contributed by atoms with Crippen LogP contribution in [0.15, 0.2) is 30.3 Å². The molecule has 14 heavy (non-hydrogen) atoms. The highest BCUT2D eigenvalue weighted by Gasteiger charge is 2.14. The lowest BCUT2D eigenvalue weighted by Gasteiger charge is -2.12. The number of hydrazine groups is 1. The fourth-order valence-corrected chi connectivity index (χ4v) is 1.14. The maximum absolute atomic E-state index is 13.0. The zero-order valence-corrected chi connectivity index (χ0v) is 7.62. The molecule has 74 valence electrons. The summed E-state index contributed by atoms with van der Waals surface area (Å²) in [5.74, 6) is -0.828. The summed E-state index contributed by atoms with van der Waals surface area (Å²) in [7, 11) is 0. The van der Waals surface area contributed by atoms with Gasteiger partial charge >= 0.3 is 5.95 Å². The lowest BCUT2D eigenvalue weighted by atomic mass is 10.3. The lowest BCUT2D eigenvalue weighted by molar-refractivity contribution is 0.0458. The Bertz CT molecular complexity index is 397. The van der Waals surface area contributed by atoms with Crippen LogP contribution in [-0.4, -0.2) is 5.11 Å². The third kappa shape index (κ3) is 1.59. The van der Waals surface area contributed by atoms with E-state index in [-0.39, 0.29) is 11.0 Å². The van der Waals surface area contributed by atoms with Crippen molar-refractivity contribution in [1.82, 2.24) is 5.59 Å². The second-order valence-electron chi connectivity index (χ2n) is 2.63. The van der Waals surface area contributed by atoms with E-state index in [4.69, 9.17) is 16.7 Å². The minimum Gasteiger partial charge on any atom is -0.479 e. The van der Waals surface area contributed by atoms with Crippen molar-refractivity contribution in [1.29, 1.82) is 0 Å². The van der Waals surface area contributed by atoms with Gasteiger partial charge in [0.25, 0.3) is 0 Å². The number of nitrogens with zero attached hydrogens (tertiary/aromatic N) is 1. The highest BCUT2D eigenvalue weighted by Crippen LogP contribution is 2.22. The Morgan fingerprint density at radius 3 is 2.86 bits per heavy atom. The van der Waals surface area contributed by atoms with Crippen molar-refractivity contribution in [3.05, 3.63) is 41.2 Å². The molecule has 1 aliphatic heterocycles. The number of halogens is 2. The summed E-state index contributed by atoms with van der Waals surface area (Å²) in [6.45, 7) is 0. The number of anilines is 1. The van der Waals surface area contributed by atoms with Crippen LogP contribution in [0.3, 0.4) is 0 Å². The van der Waals surface area contributed by atoms with Gasteiger partial charge in [0.15, 0.2) is 0 Å². The quantitative estimate of drug-likeness (QED) is 0.755. The molecule has 0 radical (unpaired) electrons. The zero-order chi connectivity index (χ0) is 10.1. The second-order valence-corrected chi connectivity index (χ2v) is 3.04. The molecule has 1 aromatic carbocycles. The minimum atomic E-state index is -0.536. The molecule has 1 aliphatic rings. The predicted molar refractivity (Wildman–Crippen MR) is 48.8 cm³/mol. The fraction of sp³-hybridized carbons (Fsp3) is 0. The molecule has 0 spiro atoms. The van der Waals surface area contributed by atoms with Gasteiger partial charge in [0, 0.05) is 6.07 Å². The average Bonchev–Trinajstić information content (AvgIpc) is 2.57. The molecule has 6 heteroatoms. The summed E-state index contributed by atoms with van der Waals surface area (Å²) >= 11 is 5.51. The van der Waals surface area contributed by atoms with E-state index in [2.05, 4.69) is 10.4 Å². The van der Waals surface area contributed by atoms with Gasteiger partial charge in [-0.15, -0.1) is 0 Å². The Balaban J connectivity index is 2.29. The minimum absolute atomic E-state index is 0.0436. The van der Waals surface area contributed by atoms with Crippen LogP contribution >= 0.6 is 11.6 Å². The van der Waals surface area contributed by atoms with Crippen molar-refractivity contribution in [3.8, 4) is 0 Å². The van der Waals surface area contributed by atoms with E-state index in [1.165, 1.54) is 23.3 Å². The van der Waals surface area contributed by atoms with E-state index >= 15 is 0 Å². The third-order valence-electron chi connectivity index (χ3n) is 1.67. The number of hydrogen-bond acceptors (Lipinski definition) is 4. The van der Waals surface area contributed by atoms with Crippen molar-refractivity contribution in [3.63, 3.8) is 0 Å². The number of aliphatic hydroxyl groups excluding tert-OH is 1. The summed E-state index contributed by atoms with van der Waals surface area (Å²) in [6.07, 6.45) is 1.27. The molecule has 0 aromatic heterocycles. The Hall–Kier alpha value is -1.46. The van der Waals surface area contributed by atoms with Gasteiger partial charge in [-0.1, -0.05) is 17.2 Å². The van der Waals surface area contributed by atoms with Gasteiger partial charge < -0.3 is 9.94 Å². The van der Waals surface area contributed by atoms with Crippen LogP contribution in [0.5, 0.6) is 0 Å². The number of benzene rings is 1. The Morgan fingerprint density at radius 2 is 2.29 bits per heavy atom. The van der Waals surface area contributed by atoms with E-state index in [1.807, 2.05) is 0 Å². The first-order valence-corrected chi connectivity index (χ1v) is 4.12. The van der Waals surface area contributed by atoms with Gasteiger partial charge in [0.2, 0.25) is 0 Å². The maximum atomic E-state index is 13.0. The highest BCUT2D eigenvalue weighted by molar-refractivity contribution is 6.30. The molecular formula is C8H6ClFN2O2. The summed E-state index contributed by atoms with van der Waals surface area (Å²) in [4.78, 5) is 4.53. The van der Waals surface area contributed by atoms with Gasteiger partial charge in [0.05, 0.1) is 10.7 Å². The number of aliphatic hydroxyl groups is 1. The number of hydrogen-bond donors (Lipinski definition) is 2. The molecule has 0 aliphatic carbocycles. The standard InChI is InChI=1S/C8H6ClFN2O2/c9-6-2-1-5(3-7(6)10)12-4-8(13)14-11-12/h1-4,11,13H. The van der Waals surface area contributed by atoms with Crippen molar-refractivity contribution in [2.45, 2.75) is 0 Å². The van der Waals surface area contributed by atoms with Crippen molar-refractivity contribution >= 4 is 17.3 Å². The Labute approximate surface area is 84.1 Å². The van der Waals surface area contributed by atoms with Crippen molar-refractivity contribution in [2.75, 3.05) is 5.01 Å². The molecule has 0 fully saturated rings. The van der Waals surface area contributed by atoms with E-state index in [0.717, 1.165) is 0 Å². The molecule has 2 N–H and O–H groups in total. The molecule has 0 saturated heterocycles. The Morgan fingerprint density at radius 1 is 1.50 bits per heavy atom. The van der Waals surface area contributed by atoms with Gasteiger partial charge in [-0.3, -0.25) is 0 Å². The first-order chi connectivity index (χ1) is 6.66. The van der Waals surface area contributed by atoms with Crippen LogP contribution in [-0.2, 0) is 4.84 Å². The van der Waals surface area contributed by atoms with Gasteiger partial charge in [-0.25, -0.2) is 9.40 Å². The molecule has 0 unspecified atom stereocenters. The summed E-state index contributed by atoms with van der Waals surface area (Å²) in [6, 6.07) is 4.21. The molecule has 0 amide bonds.